The van der Waals surface area contributed by atoms with E-state index in [4.69, 9.17) is 5.73 Å². The second-order valence-corrected chi connectivity index (χ2v) is 4.90. The Balaban J connectivity index is 1.91. The molecule has 1 aromatic rings. The van der Waals surface area contributed by atoms with E-state index in [1.165, 1.54) is 12.1 Å². The molecule has 19 heavy (non-hydrogen) atoms. The van der Waals surface area contributed by atoms with Gasteiger partial charge in [-0.2, -0.15) is 0 Å². The number of rotatable bonds is 3. The van der Waals surface area contributed by atoms with Crippen LogP contribution in [0, 0.1) is 11.7 Å². The third-order valence-corrected chi connectivity index (χ3v) is 3.58. The largest absolute Gasteiger partial charge is 0.369 e. The van der Waals surface area contributed by atoms with Crippen LogP contribution in [0.1, 0.15) is 36.0 Å². The van der Waals surface area contributed by atoms with Crippen molar-refractivity contribution >= 4 is 11.8 Å². The van der Waals surface area contributed by atoms with E-state index in [-0.39, 0.29) is 23.4 Å². The lowest BCUT2D eigenvalue weighted by atomic mass is 9.85. The van der Waals surface area contributed by atoms with Crippen molar-refractivity contribution in [3.63, 3.8) is 0 Å². The lowest BCUT2D eigenvalue weighted by Gasteiger charge is -2.27. The van der Waals surface area contributed by atoms with Gasteiger partial charge >= 0.3 is 0 Å². The van der Waals surface area contributed by atoms with Gasteiger partial charge in [-0.3, -0.25) is 9.59 Å². The van der Waals surface area contributed by atoms with Gasteiger partial charge < -0.3 is 11.1 Å². The zero-order valence-electron chi connectivity index (χ0n) is 10.6. The van der Waals surface area contributed by atoms with Crippen molar-refractivity contribution in [3.05, 3.63) is 35.6 Å². The van der Waals surface area contributed by atoms with Crippen LogP contribution in [0.25, 0.3) is 0 Å². The summed E-state index contributed by atoms with van der Waals surface area (Å²) in [5.74, 6) is -1.30. The van der Waals surface area contributed by atoms with Crippen LogP contribution in [-0.2, 0) is 4.79 Å². The van der Waals surface area contributed by atoms with Gasteiger partial charge in [0.05, 0.1) is 5.56 Å². The second-order valence-electron chi connectivity index (χ2n) is 4.90. The van der Waals surface area contributed by atoms with E-state index in [1.807, 2.05) is 0 Å². The predicted octanol–water partition coefficient (Wildman–Crippen LogP) is 1.60. The van der Waals surface area contributed by atoms with Gasteiger partial charge in [0.15, 0.2) is 0 Å². The lowest BCUT2D eigenvalue weighted by molar-refractivity contribution is -0.122. The van der Waals surface area contributed by atoms with Gasteiger partial charge in [-0.15, -0.1) is 0 Å². The van der Waals surface area contributed by atoms with Gasteiger partial charge in [0.1, 0.15) is 5.82 Å². The zero-order valence-corrected chi connectivity index (χ0v) is 10.6. The molecule has 1 fully saturated rings. The summed E-state index contributed by atoms with van der Waals surface area (Å²) >= 11 is 0. The quantitative estimate of drug-likeness (QED) is 0.870. The molecule has 0 unspecified atom stereocenters. The van der Waals surface area contributed by atoms with E-state index >= 15 is 0 Å². The highest BCUT2D eigenvalue weighted by atomic mass is 19.1. The number of nitrogens with two attached hydrogens (primary N) is 1. The molecule has 1 aliphatic carbocycles. The number of hydrogen-bond acceptors (Lipinski definition) is 2. The summed E-state index contributed by atoms with van der Waals surface area (Å²) in [7, 11) is 0. The topological polar surface area (TPSA) is 72.2 Å². The van der Waals surface area contributed by atoms with Crippen molar-refractivity contribution in [2.24, 2.45) is 11.7 Å². The molecule has 2 amide bonds. The SMILES string of the molecule is NC(=O)C1CCC(NC(=O)c2ccccc2F)CC1. The van der Waals surface area contributed by atoms with Gasteiger partial charge in [0.25, 0.3) is 5.91 Å². The number of nitrogens with one attached hydrogen (secondary N) is 1. The first-order chi connectivity index (χ1) is 9.08. The number of hydrogen-bond donors (Lipinski definition) is 2. The number of primary amides is 1. The fraction of sp³-hybridized carbons (Fsp3) is 0.429. The van der Waals surface area contributed by atoms with Crippen molar-refractivity contribution in [1.29, 1.82) is 0 Å². The van der Waals surface area contributed by atoms with Crippen LogP contribution in [-0.4, -0.2) is 17.9 Å². The second kappa shape index (κ2) is 5.82. The number of halogens is 1. The first kappa shape index (κ1) is 13.5. The van der Waals surface area contributed by atoms with Gasteiger partial charge in [-0.25, -0.2) is 4.39 Å². The summed E-state index contributed by atoms with van der Waals surface area (Å²) in [6, 6.07) is 5.88. The monoisotopic (exact) mass is 264 g/mol. The first-order valence-corrected chi connectivity index (χ1v) is 6.42. The van der Waals surface area contributed by atoms with Crippen LogP contribution in [0.5, 0.6) is 0 Å². The van der Waals surface area contributed by atoms with Crippen molar-refractivity contribution < 1.29 is 14.0 Å². The molecular formula is C14H17FN2O2. The van der Waals surface area contributed by atoms with Gasteiger partial charge in [-0.05, 0) is 37.8 Å². The van der Waals surface area contributed by atoms with E-state index in [9.17, 15) is 14.0 Å². The molecule has 0 aliphatic heterocycles. The molecular weight excluding hydrogens is 247 g/mol. The van der Waals surface area contributed by atoms with E-state index in [0.29, 0.717) is 25.7 Å². The summed E-state index contributed by atoms with van der Waals surface area (Å²) in [5.41, 5.74) is 5.30. The van der Waals surface area contributed by atoms with E-state index in [0.717, 1.165) is 0 Å². The summed E-state index contributed by atoms with van der Waals surface area (Å²) in [5, 5.41) is 2.80. The smallest absolute Gasteiger partial charge is 0.254 e. The van der Waals surface area contributed by atoms with E-state index in [1.54, 1.807) is 12.1 Å². The molecule has 0 bridgehead atoms. The molecule has 2 rings (SSSR count). The maximum Gasteiger partial charge on any atom is 0.254 e. The predicted molar refractivity (Wildman–Crippen MR) is 68.8 cm³/mol. The Morgan fingerprint density at radius 2 is 1.79 bits per heavy atom. The van der Waals surface area contributed by atoms with Crippen molar-refractivity contribution in [2.75, 3.05) is 0 Å². The Kier molecular flexibility index (Phi) is 4.14. The first-order valence-electron chi connectivity index (χ1n) is 6.42. The highest BCUT2D eigenvalue weighted by molar-refractivity contribution is 5.94. The molecule has 3 N–H and O–H groups in total. The molecule has 0 atom stereocenters. The normalized spacial score (nSPS) is 22.8. The van der Waals surface area contributed by atoms with E-state index in [2.05, 4.69) is 5.32 Å². The fourth-order valence-corrected chi connectivity index (χ4v) is 2.43. The Labute approximate surface area is 111 Å². The van der Waals surface area contributed by atoms with Crippen molar-refractivity contribution in [1.82, 2.24) is 5.32 Å². The number of benzene rings is 1. The molecule has 0 saturated heterocycles. The Morgan fingerprint density at radius 3 is 2.37 bits per heavy atom. The zero-order chi connectivity index (χ0) is 13.8. The average molecular weight is 264 g/mol. The standard InChI is InChI=1S/C14H17FN2O2/c15-12-4-2-1-3-11(12)14(19)17-10-7-5-9(6-8-10)13(16)18/h1-4,9-10H,5-8H2,(H2,16,18)(H,17,19). The molecule has 102 valence electrons. The maximum atomic E-state index is 13.4. The minimum atomic E-state index is -0.522. The minimum absolute atomic E-state index is 0.0114. The molecule has 0 spiro atoms. The lowest BCUT2D eigenvalue weighted by Crippen LogP contribution is -2.40. The summed E-state index contributed by atoms with van der Waals surface area (Å²) in [6.45, 7) is 0. The summed E-state index contributed by atoms with van der Waals surface area (Å²) in [4.78, 5) is 22.9. The summed E-state index contributed by atoms with van der Waals surface area (Å²) in [6.07, 6.45) is 2.76. The van der Waals surface area contributed by atoms with Crippen LogP contribution >= 0.6 is 0 Å². The number of carbonyl (C=O) groups excluding carboxylic acids is 2. The Hall–Kier alpha value is -1.91. The van der Waals surface area contributed by atoms with Crippen molar-refractivity contribution in [3.8, 4) is 0 Å². The summed E-state index contributed by atoms with van der Waals surface area (Å²) < 4.78 is 13.4. The molecule has 1 aliphatic rings. The van der Waals surface area contributed by atoms with Crippen LogP contribution in [0.2, 0.25) is 0 Å². The number of amides is 2. The molecule has 0 aromatic heterocycles. The van der Waals surface area contributed by atoms with Gasteiger partial charge in [-0.1, -0.05) is 12.1 Å². The van der Waals surface area contributed by atoms with Crippen LogP contribution in [0.15, 0.2) is 24.3 Å². The Morgan fingerprint density at radius 1 is 1.16 bits per heavy atom. The van der Waals surface area contributed by atoms with Crippen LogP contribution < -0.4 is 11.1 Å². The van der Waals surface area contributed by atoms with Crippen LogP contribution in [0.3, 0.4) is 0 Å². The Bertz CT molecular complexity index is 482. The maximum absolute atomic E-state index is 13.4. The third kappa shape index (κ3) is 3.30. The van der Waals surface area contributed by atoms with E-state index < -0.39 is 11.7 Å². The number of carbonyl (C=O) groups is 2. The molecule has 1 aromatic carbocycles. The fourth-order valence-electron chi connectivity index (χ4n) is 2.43. The molecule has 5 heteroatoms. The van der Waals surface area contributed by atoms with Gasteiger partial charge in [0.2, 0.25) is 5.91 Å². The molecule has 1 saturated carbocycles. The molecule has 4 nitrogen and oxygen atoms in total. The minimum Gasteiger partial charge on any atom is -0.369 e. The highest BCUT2D eigenvalue weighted by Gasteiger charge is 2.26. The average Bonchev–Trinajstić information content (AvgIpc) is 2.39. The third-order valence-electron chi connectivity index (χ3n) is 3.58. The van der Waals surface area contributed by atoms with Gasteiger partial charge in [0, 0.05) is 12.0 Å². The molecule has 0 radical (unpaired) electrons. The molecule has 0 heterocycles. The van der Waals surface area contributed by atoms with Crippen LogP contribution in [0.4, 0.5) is 4.39 Å². The highest BCUT2D eigenvalue weighted by Crippen LogP contribution is 2.24. The van der Waals surface area contributed by atoms with Crippen molar-refractivity contribution in [2.45, 2.75) is 31.7 Å².